The van der Waals surface area contributed by atoms with E-state index in [0.717, 1.165) is 17.7 Å². The van der Waals surface area contributed by atoms with Crippen molar-refractivity contribution in [1.82, 2.24) is 5.32 Å². The first-order chi connectivity index (χ1) is 9.52. The number of rotatable bonds is 4. The summed E-state index contributed by atoms with van der Waals surface area (Å²) < 4.78 is 0. The maximum Gasteiger partial charge on any atom is 0.0595 e. The standard InChI is InChI=1S/C15H13Cl4N/c1-2-20-15(9-3-5-13(18)14(19)7-9)11-8-10(16)4-6-12(11)17/h3-8,15,20H,2H2,1H3. The zero-order valence-corrected chi connectivity index (χ0v) is 13.8. The fraction of sp³-hybridized carbons (Fsp3) is 0.200. The van der Waals surface area contributed by atoms with Crippen molar-refractivity contribution in [1.29, 1.82) is 0 Å². The molecule has 1 nitrogen and oxygen atoms in total. The van der Waals surface area contributed by atoms with E-state index in [1.807, 2.05) is 25.1 Å². The van der Waals surface area contributed by atoms with Crippen molar-refractivity contribution in [2.24, 2.45) is 0 Å². The van der Waals surface area contributed by atoms with Gasteiger partial charge in [-0.05, 0) is 48.0 Å². The Morgan fingerprint density at radius 2 is 1.60 bits per heavy atom. The Hall–Kier alpha value is -0.440. The van der Waals surface area contributed by atoms with Gasteiger partial charge in [-0.3, -0.25) is 0 Å². The van der Waals surface area contributed by atoms with Crippen LogP contribution in [0.2, 0.25) is 20.1 Å². The largest absolute Gasteiger partial charge is 0.306 e. The van der Waals surface area contributed by atoms with Crippen molar-refractivity contribution >= 4 is 46.4 Å². The second-order valence-corrected chi connectivity index (χ2v) is 5.99. The molecule has 0 heterocycles. The van der Waals surface area contributed by atoms with E-state index in [4.69, 9.17) is 46.4 Å². The summed E-state index contributed by atoms with van der Waals surface area (Å²) >= 11 is 24.4. The molecule has 2 aromatic carbocycles. The van der Waals surface area contributed by atoms with E-state index in [1.54, 1.807) is 18.2 Å². The van der Waals surface area contributed by atoms with Gasteiger partial charge < -0.3 is 5.32 Å². The molecule has 1 unspecified atom stereocenters. The van der Waals surface area contributed by atoms with E-state index >= 15 is 0 Å². The lowest BCUT2D eigenvalue weighted by Crippen LogP contribution is -2.22. The second-order valence-electron chi connectivity index (χ2n) is 4.33. The van der Waals surface area contributed by atoms with Crippen molar-refractivity contribution in [2.45, 2.75) is 13.0 Å². The lowest BCUT2D eigenvalue weighted by molar-refractivity contribution is 0.631. The fourth-order valence-corrected chi connectivity index (χ4v) is 2.75. The van der Waals surface area contributed by atoms with Crippen molar-refractivity contribution in [2.75, 3.05) is 6.54 Å². The summed E-state index contributed by atoms with van der Waals surface area (Å²) in [7, 11) is 0. The third kappa shape index (κ3) is 3.60. The van der Waals surface area contributed by atoms with E-state index in [0.29, 0.717) is 20.1 Å². The van der Waals surface area contributed by atoms with Crippen LogP contribution >= 0.6 is 46.4 Å². The van der Waals surface area contributed by atoms with E-state index in [2.05, 4.69) is 5.32 Å². The summed E-state index contributed by atoms with van der Waals surface area (Å²) in [4.78, 5) is 0. The van der Waals surface area contributed by atoms with Crippen LogP contribution in [0.4, 0.5) is 0 Å². The normalized spacial score (nSPS) is 12.4. The van der Waals surface area contributed by atoms with Crippen LogP contribution in [-0.4, -0.2) is 6.54 Å². The molecule has 0 saturated heterocycles. The molecular weight excluding hydrogens is 336 g/mol. The Bertz CT molecular complexity index is 613. The molecule has 0 amide bonds. The first kappa shape index (κ1) is 15.9. The monoisotopic (exact) mass is 347 g/mol. The van der Waals surface area contributed by atoms with Crippen molar-refractivity contribution in [3.05, 3.63) is 67.6 Å². The minimum atomic E-state index is -0.0824. The van der Waals surface area contributed by atoms with Gasteiger partial charge in [-0.2, -0.15) is 0 Å². The van der Waals surface area contributed by atoms with Crippen LogP contribution in [0.3, 0.4) is 0 Å². The minimum Gasteiger partial charge on any atom is -0.306 e. The smallest absolute Gasteiger partial charge is 0.0595 e. The molecule has 0 aliphatic heterocycles. The van der Waals surface area contributed by atoms with Crippen LogP contribution < -0.4 is 5.32 Å². The van der Waals surface area contributed by atoms with Gasteiger partial charge in [0.25, 0.3) is 0 Å². The predicted octanol–water partition coefficient (Wildman–Crippen LogP) is 6.00. The zero-order chi connectivity index (χ0) is 14.7. The van der Waals surface area contributed by atoms with Crippen molar-refractivity contribution < 1.29 is 0 Å². The summed E-state index contributed by atoms with van der Waals surface area (Å²) in [5, 5.41) is 5.74. The lowest BCUT2D eigenvalue weighted by atomic mass is 9.98. The highest BCUT2D eigenvalue weighted by molar-refractivity contribution is 6.42. The Labute approximate surface area is 138 Å². The average Bonchev–Trinajstić information content (AvgIpc) is 2.42. The molecule has 0 spiro atoms. The summed E-state index contributed by atoms with van der Waals surface area (Å²) in [6.07, 6.45) is 0. The zero-order valence-electron chi connectivity index (χ0n) is 10.8. The molecule has 0 aliphatic carbocycles. The maximum atomic E-state index is 6.29. The van der Waals surface area contributed by atoms with Gasteiger partial charge in [0, 0.05) is 10.0 Å². The average molecular weight is 349 g/mol. The van der Waals surface area contributed by atoms with E-state index in [-0.39, 0.29) is 6.04 Å². The summed E-state index contributed by atoms with van der Waals surface area (Å²) in [6, 6.07) is 10.9. The maximum absolute atomic E-state index is 6.29. The predicted molar refractivity (Wildman–Crippen MR) is 88.4 cm³/mol. The van der Waals surface area contributed by atoms with Gasteiger partial charge in [0.05, 0.1) is 16.1 Å². The molecule has 5 heteroatoms. The number of benzene rings is 2. The lowest BCUT2D eigenvalue weighted by Gasteiger charge is -2.21. The summed E-state index contributed by atoms with van der Waals surface area (Å²) in [6.45, 7) is 2.82. The number of hydrogen-bond acceptors (Lipinski definition) is 1. The molecule has 1 atom stereocenters. The highest BCUT2D eigenvalue weighted by Gasteiger charge is 2.17. The topological polar surface area (TPSA) is 12.0 Å². The molecule has 20 heavy (non-hydrogen) atoms. The summed E-state index contributed by atoms with van der Waals surface area (Å²) in [5.41, 5.74) is 1.91. The molecule has 0 aromatic heterocycles. The molecule has 1 N–H and O–H groups in total. The molecule has 0 radical (unpaired) electrons. The minimum absolute atomic E-state index is 0.0824. The van der Waals surface area contributed by atoms with E-state index < -0.39 is 0 Å². The summed E-state index contributed by atoms with van der Waals surface area (Å²) in [5.74, 6) is 0. The van der Waals surface area contributed by atoms with Gasteiger partial charge in [-0.15, -0.1) is 0 Å². The highest BCUT2D eigenvalue weighted by Crippen LogP contribution is 2.33. The van der Waals surface area contributed by atoms with Crippen LogP contribution in [0.1, 0.15) is 24.1 Å². The Morgan fingerprint density at radius 1 is 0.900 bits per heavy atom. The van der Waals surface area contributed by atoms with Gasteiger partial charge in [0.2, 0.25) is 0 Å². The number of nitrogens with one attached hydrogen (secondary N) is 1. The SMILES string of the molecule is CCNC(c1ccc(Cl)c(Cl)c1)c1cc(Cl)ccc1Cl. The molecule has 2 rings (SSSR count). The molecular formula is C15H13Cl4N. The van der Waals surface area contributed by atoms with Crippen molar-refractivity contribution in [3.8, 4) is 0 Å². The molecule has 2 aromatic rings. The Morgan fingerprint density at radius 3 is 2.25 bits per heavy atom. The van der Waals surface area contributed by atoms with Crippen LogP contribution in [0.5, 0.6) is 0 Å². The van der Waals surface area contributed by atoms with Gasteiger partial charge in [0.15, 0.2) is 0 Å². The van der Waals surface area contributed by atoms with Gasteiger partial charge >= 0.3 is 0 Å². The van der Waals surface area contributed by atoms with Gasteiger partial charge in [-0.1, -0.05) is 59.4 Å². The Balaban J connectivity index is 2.49. The highest BCUT2D eigenvalue weighted by atomic mass is 35.5. The fourth-order valence-electron chi connectivity index (χ4n) is 2.04. The molecule has 0 saturated carbocycles. The van der Waals surface area contributed by atoms with E-state index in [9.17, 15) is 0 Å². The number of halogens is 4. The Kier molecular flexibility index (Phi) is 5.59. The quantitative estimate of drug-likeness (QED) is 0.714. The first-order valence-corrected chi connectivity index (χ1v) is 7.67. The molecule has 106 valence electrons. The first-order valence-electron chi connectivity index (χ1n) is 6.16. The van der Waals surface area contributed by atoms with Crippen LogP contribution in [0.25, 0.3) is 0 Å². The molecule has 0 bridgehead atoms. The van der Waals surface area contributed by atoms with Crippen LogP contribution in [0, 0.1) is 0 Å². The van der Waals surface area contributed by atoms with Crippen molar-refractivity contribution in [3.63, 3.8) is 0 Å². The third-order valence-electron chi connectivity index (χ3n) is 2.95. The van der Waals surface area contributed by atoms with Gasteiger partial charge in [-0.25, -0.2) is 0 Å². The second kappa shape index (κ2) is 7.02. The molecule has 0 fully saturated rings. The van der Waals surface area contributed by atoms with Gasteiger partial charge in [0.1, 0.15) is 0 Å². The molecule has 0 aliphatic rings. The third-order valence-corrected chi connectivity index (χ3v) is 4.27. The number of hydrogen-bond donors (Lipinski definition) is 1. The van der Waals surface area contributed by atoms with Crippen LogP contribution in [0.15, 0.2) is 36.4 Å². The van der Waals surface area contributed by atoms with Crippen LogP contribution in [-0.2, 0) is 0 Å². The van der Waals surface area contributed by atoms with E-state index in [1.165, 1.54) is 0 Å².